The van der Waals surface area contributed by atoms with Gasteiger partial charge in [-0.3, -0.25) is 28.8 Å². The lowest BCUT2D eigenvalue weighted by Crippen LogP contribution is -2.62. The zero-order valence-electron chi connectivity index (χ0n) is 26.0. The van der Waals surface area contributed by atoms with Crippen LogP contribution >= 0.6 is 0 Å². The quantitative estimate of drug-likeness (QED) is 0.170. The molecule has 1 heterocycles. The fourth-order valence-electron chi connectivity index (χ4n) is 4.76. The molecular weight excluding hydrogens is 596 g/mol. The second kappa shape index (κ2) is 17.0. The molecule has 14 heteroatoms. The van der Waals surface area contributed by atoms with Crippen molar-refractivity contribution in [2.24, 2.45) is 5.92 Å². The van der Waals surface area contributed by atoms with Crippen molar-refractivity contribution in [1.82, 2.24) is 31.9 Å². The Hall–Kier alpha value is -4.82. The number of amides is 6. The fraction of sp³-hybridized carbons (Fsp3) is 0.438. The standard InChI is InChI=1S/C32H42N6O8/c1-18(20(3)40)27-32(46)37-24(15-22-12-8-5-9-13-22)30(44)36-23(14-21-10-6-4-7-11-21)29(43)34-19(2)28(42)33-16-26(41)35-25(17-39)31(45)38-27/h4-13,18-20,23-25,27,39-40H,14-17H2,1-3H3,(H,33,42)(H,34,43)(H,35,41)(H,36,44)(H,37,46)(H,38,45)/t18-,19-,20-,23-,24-,25-,27-/m0/s1. The number of carbonyl (C=O) groups excluding carboxylic acids is 6. The van der Waals surface area contributed by atoms with Gasteiger partial charge in [0.05, 0.1) is 19.3 Å². The predicted octanol–water partition coefficient (Wildman–Crippen LogP) is -1.95. The Morgan fingerprint density at radius 3 is 1.63 bits per heavy atom. The van der Waals surface area contributed by atoms with Gasteiger partial charge in [0.2, 0.25) is 35.4 Å². The summed E-state index contributed by atoms with van der Waals surface area (Å²) in [6.45, 7) is 2.92. The van der Waals surface area contributed by atoms with E-state index in [1.807, 2.05) is 0 Å². The smallest absolute Gasteiger partial charge is 0.245 e. The molecule has 6 amide bonds. The summed E-state index contributed by atoms with van der Waals surface area (Å²) in [6, 6.07) is 11.3. The molecule has 0 bridgehead atoms. The number of hydrogen-bond acceptors (Lipinski definition) is 8. The zero-order valence-corrected chi connectivity index (χ0v) is 26.0. The van der Waals surface area contributed by atoms with Gasteiger partial charge in [0.15, 0.2) is 0 Å². The molecule has 2 aromatic rings. The average Bonchev–Trinajstić information content (AvgIpc) is 3.04. The van der Waals surface area contributed by atoms with Crippen LogP contribution in [0.3, 0.4) is 0 Å². The monoisotopic (exact) mass is 638 g/mol. The van der Waals surface area contributed by atoms with Crippen molar-refractivity contribution in [3.8, 4) is 0 Å². The second-order valence-corrected chi connectivity index (χ2v) is 11.3. The normalized spacial score (nSPS) is 25.3. The Bertz CT molecular complexity index is 1370. The van der Waals surface area contributed by atoms with Crippen LogP contribution in [0.2, 0.25) is 0 Å². The van der Waals surface area contributed by atoms with Crippen LogP contribution in [0.1, 0.15) is 31.9 Å². The number of benzene rings is 2. The van der Waals surface area contributed by atoms with Crippen molar-refractivity contribution >= 4 is 35.4 Å². The maximum atomic E-state index is 13.9. The van der Waals surface area contributed by atoms with E-state index >= 15 is 0 Å². The van der Waals surface area contributed by atoms with Crippen LogP contribution < -0.4 is 31.9 Å². The van der Waals surface area contributed by atoms with E-state index in [1.54, 1.807) is 60.7 Å². The Morgan fingerprint density at radius 1 is 0.652 bits per heavy atom. The van der Waals surface area contributed by atoms with Gasteiger partial charge in [0, 0.05) is 18.8 Å². The summed E-state index contributed by atoms with van der Waals surface area (Å²) < 4.78 is 0. The summed E-state index contributed by atoms with van der Waals surface area (Å²) in [4.78, 5) is 79.4. The molecule has 7 atom stereocenters. The SMILES string of the molecule is C[C@@H]([C@H](C)O)[C@@H]1NC(=O)[C@H](CO)NC(=O)CNC(=O)[C@H](C)NC(=O)[C@H](Cc2ccccc2)NC(=O)[C@H](Cc2ccccc2)NC1=O. The molecule has 3 rings (SSSR count). The molecular formula is C32H42N6O8. The van der Waals surface area contributed by atoms with E-state index in [2.05, 4.69) is 31.9 Å². The van der Waals surface area contributed by atoms with Crippen LogP contribution in [0, 0.1) is 5.92 Å². The molecule has 1 aliphatic heterocycles. The largest absolute Gasteiger partial charge is 0.394 e. The molecule has 0 radical (unpaired) electrons. The van der Waals surface area contributed by atoms with Crippen LogP contribution in [0.15, 0.2) is 60.7 Å². The number of aliphatic hydroxyl groups is 2. The minimum absolute atomic E-state index is 0.00987. The van der Waals surface area contributed by atoms with Crippen LogP contribution in [0.25, 0.3) is 0 Å². The van der Waals surface area contributed by atoms with Gasteiger partial charge in [-0.15, -0.1) is 0 Å². The van der Waals surface area contributed by atoms with Gasteiger partial charge in [0.1, 0.15) is 30.2 Å². The first kappa shape index (κ1) is 35.7. The Kier molecular flexibility index (Phi) is 13.2. The molecule has 14 nitrogen and oxygen atoms in total. The van der Waals surface area contributed by atoms with Crippen molar-refractivity contribution < 1.29 is 39.0 Å². The highest BCUT2D eigenvalue weighted by atomic mass is 16.3. The summed E-state index contributed by atoms with van der Waals surface area (Å²) in [6.07, 6.45) is -1.02. The molecule has 46 heavy (non-hydrogen) atoms. The number of aliphatic hydroxyl groups excluding tert-OH is 2. The van der Waals surface area contributed by atoms with Gasteiger partial charge in [0.25, 0.3) is 0 Å². The van der Waals surface area contributed by atoms with Crippen molar-refractivity contribution in [3.63, 3.8) is 0 Å². The Labute approximate surface area is 267 Å². The highest BCUT2D eigenvalue weighted by Crippen LogP contribution is 2.12. The minimum atomic E-state index is -1.50. The maximum absolute atomic E-state index is 13.9. The molecule has 0 saturated carbocycles. The molecule has 8 N–H and O–H groups in total. The third-order valence-electron chi connectivity index (χ3n) is 7.71. The van der Waals surface area contributed by atoms with Gasteiger partial charge >= 0.3 is 0 Å². The molecule has 0 aliphatic carbocycles. The van der Waals surface area contributed by atoms with E-state index < -0.39 is 90.8 Å². The van der Waals surface area contributed by atoms with E-state index in [0.717, 1.165) is 5.56 Å². The molecule has 1 fully saturated rings. The summed E-state index contributed by atoms with van der Waals surface area (Å²) in [5.74, 6) is -5.52. The van der Waals surface area contributed by atoms with Crippen LogP contribution in [0.4, 0.5) is 0 Å². The lowest BCUT2D eigenvalue weighted by Gasteiger charge is -2.30. The highest BCUT2D eigenvalue weighted by Gasteiger charge is 2.36. The Morgan fingerprint density at radius 2 is 1.13 bits per heavy atom. The number of rotatable bonds is 7. The third-order valence-corrected chi connectivity index (χ3v) is 7.71. The van der Waals surface area contributed by atoms with Crippen LogP contribution in [-0.4, -0.2) is 95.1 Å². The van der Waals surface area contributed by atoms with Crippen molar-refractivity contribution in [3.05, 3.63) is 71.8 Å². The predicted molar refractivity (Wildman–Crippen MR) is 167 cm³/mol. The first-order valence-corrected chi connectivity index (χ1v) is 15.0. The molecule has 1 saturated heterocycles. The summed E-state index contributed by atoms with van der Waals surface area (Å²) >= 11 is 0. The van der Waals surface area contributed by atoms with Gasteiger partial charge in [-0.2, -0.15) is 0 Å². The lowest BCUT2D eigenvalue weighted by molar-refractivity contribution is -0.137. The van der Waals surface area contributed by atoms with Crippen LogP contribution in [-0.2, 0) is 41.6 Å². The topological polar surface area (TPSA) is 215 Å². The average molecular weight is 639 g/mol. The highest BCUT2D eigenvalue weighted by molar-refractivity contribution is 5.97. The van der Waals surface area contributed by atoms with Gasteiger partial charge in [-0.1, -0.05) is 67.6 Å². The molecule has 248 valence electrons. The number of hydrogen-bond donors (Lipinski definition) is 8. The second-order valence-electron chi connectivity index (χ2n) is 11.3. The number of nitrogens with one attached hydrogen (secondary N) is 6. The first-order chi connectivity index (χ1) is 21.9. The third kappa shape index (κ3) is 10.4. The minimum Gasteiger partial charge on any atom is -0.394 e. The molecule has 0 aromatic heterocycles. The summed E-state index contributed by atoms with van der Waals surface area (Å²) in [7, 11) is 0. The van der Waals surface area contributed by atoms with E-state index in [1.165, 1.54) is 20.8 Å². The van der Waals surface area contributed by atoms with E-state index in [-0.39, 0.29) is 12.8 Å². The summed E-state index contributed by atoms with van der Waals surface area (Å²) in [5, 5.41) is 35.2. The lowest BCUT2D eigenvalue weighted by atomic mass is 9.94. The van der Waals surface area contributed by atoms with Crippen molar-refractivity contribution in [1.29, 1.82) is 0 Å². The zero-order chi connectivity index (χ0) is 33.8. The fourth-order valence-corrected chi connectivity index (χ4v) is 4.76. The molecule has 0 unspecified atom stereocenters. The first-order valence-electron chi connectivity index (χ1n) is 15.0. The number of carbonyl (C=O) groups is 6. The van der Waals surface area contributed by atoms with Gasteiger partial charge in [-0.05, 0) is 25.0 Å². The van der Waals surface area contributed by atoms with E-state index in [4.69, 9.17) is 0 Å². The Balaban J connectivity index is 2.03. The van der Waals surface area contributed by atoms with Gasteiger partial charge < -0.3 is 42.1 Å². The molecule has 2 aromatic carbocycles. The van der Waals surface area contributed by atoms with E-state index in [9.17, 15) is 39.0 Å². The molecule has 0 spiro atoms. The van der Waals surface area contributed by atoms with Gasteiger partial charge in [-0.25, -0.2) is 0 Å². The molecule has 1 aliphatic rings. The van der Waals surface area contributed by atoms with Crippen molar-refractivity contribution in [2.45, 2.75) is 69.9 Å². The van der Waals surface area contributed by atoms with Crippen molar-refractivity contribution in [2.75, 3.05) is 13.2 Å². The van der Waals surface area contributed by atoms with Crippen LogP contribution in [0.5, 0.6) is 0 Å². The van der Waals surface area contributed by atoms with E-state index in [0.29, 0.717) is 5.56 Å². The maximum Gasteiger partial charge on any atom is 0.245 e. The summed E-state index contributed by atoms with van der Waals surface area (Å²) in [5.41, 5.74) is 1.40.